The van der Waals surface area contributed by atoms with Gasteiger partial charge in [-0.2, -0.15) is 0 Å². The number of amides is 1. The summed E-state index contributed by atoms with van der Waals surface area (Å²) in [5.41, 5.74) is 3.65. The average molecular weight is 344 g/mol. The number of benzene rings is 2. The number of nitrogens with one attached hydrogen (secondary N) is 2. The molecular formula is C18H20N2O3S. The van der Waals surface area contributed by atoms with Crippen LogP contribution in [0.5, 0.6) is 0 Å². The Morgan fingerprint density at radius 2 is 1.71 bits per heavy atom. The molecule has 0 bridgehead atoms. The first-order valence-corrected chi connectivity index (χ1v) is 8.90. The third kappa shape index (κ3) is 4.31. The summed E-state index contributed by atoms with van der Waals surface area (Å²) >= 11 is 0. The topological polar surface area (TPSA) is 75.3 Å². The number of carbonyl (C=O) groups excluding carboxylic acids is 1. The minimum absolute atomic E-state index is 0.182. The zero-order valence-corrected chi connectivity index (χ0v) is 14.6. The molecule has 0 saturated carbocycles. The zero-order chi connectivity index (χ0) is 17.7. The molecular weight excluding hydrogens is 324 g/mol. The van der Waals surface area contributed by atoms with E-state index in [9.17, 15) is 13.2 Å². The Labute approximate surface area is 142 Å². The van der Waals surface area contributed by atoms with E-state index in [0.29, 0.717) is 0 Å². The minimum atomic E-state index is -3.45. The normalized spacial score (nSPS) is 11.6. The molecule has 126 valence electrons. The summed E-state index contributed by atoms with van der Waals surface area (Å²) in [6.45, 7) is 3.94. The molecule has 0 unspecified atom stereocenters. The summed E-state index contributed by atoms with van der Waals surface area (Å²) in [7, 11) is -2.09. The number of anilines is 1. The summed E-state index contributed by atoms with van der Waals surface area (Å²) in [6.07, 6.45) is 3.06. The van der Waals surface area contributed by atoms with E-state index in [1.165, 1.54) is 25.3 Å². The molecule has 0 radical (unpaired) electrons. The lowest BCUT2D eigenvalue weighted by Gasteiger charge is -2.08. The summed E-state index contributed by atoms with van der Waals surface area (Å²) < 4.78 is 25.5. The highest BCUT2D eigenvalue weighted by Crippen LogP contribution is 2.18. The van der Waals surface area contributed by atoms with Crippen molar-refractivity contribution in [2.75, 3.05) is 12.4 Å². The van der Waals surface area contributed by atoms with Gasteiger partial charge in [0.15, 0.2) is 0 Å². The molecule has 2 aromatic carbocycles. The van der Waals surface area contributed by atoms with Crippen molar-refractivity contribution in [1.82, 2.24) is 4.72 Å². The van der Waals surface area contributed by atoms with Gasteiger partial charge in [-0.1, -0.05) is 24.3 Å². The van der Waals surface area contributed by atoms with Crippen LogP contribution >= 0.6 is 0 Å². The van der Waals surface area contributed by atoms with Crippen molar-refractivity contribution < 1.29 is 13.2 Å². The second kappa shape index (κ2) is 7.42. The number of hydrogen-bond acceptors (Lipinski definition) is 3. The zero-order valence-electron chi connectivity index (χ0n) is 13.8. The molecule has 0 aliphatic carbocycles. The molecule has 1 amide bonds. The van der Waals surface area contributed by atoms with Gasteiger partial charge in [0.2, 0.25) is 15.9 Å². The number of carbonyl (C=O) groups is 1. The molecule has 6 heteroatoms. The van der Waals surface area contributed by atoms with Gasteiger partial charge in [0.05, 0.1) is 4.90 Å². The summed E-state index contributed by atoms with van der Waals surface area (Å²) in [6, 6.07) is 12.0. The first-order valence-electron chi connectivity index (χ1n) is 7.42. The van der Waals surface area contributed by atoms with E-state index in [2.05, 4.69) is 10.0 Å². The predicted molar refractivity (Wildman–Crippen MR) is 96.3 cm³/mol. The van der Waals surface area contributed by atoms with E-state index in [-0.39, 0.29) is 10.8 Å². The van der Waals surface area contributed by atoms with Crippen LogP contribution in [0.15, 0.2) is 53.4 Å². The smallest absolute Gasteiger partial charge is 0.248 e. The van der Waals surface area contributed by atoms with Gasteiger partial charge in [0.1, 0.15) is 0 Å². The van der Waals surface area contributed by atoms with Gasteiger partial charge >= 0.3 is 0 Å². The Morgan fingerprint density at radius 3 is 2.33 bits per heavy atom. The van der Waals surface area contributed by atoms with Crippen LogP contribution in [0.1, 0.15) is 16.7 Å². The number of sulfonamides is 1. The lowest BCUT2D eigenvalue weighted by Crippen LogP contribution is -2.18. The molecule has 2 rings (SSSR count). The molecule has 24 heavy (non-hydrogen) atoms. The number of aryl methyl sites for hydroxylation is 1. The van der Waals surface area contributed by atoms with Gasteiger partial charge in [-0.05, 0) is 61.9 Å². The van der Waals surface area contributed by atoms with Gasteiger partial charge < -0.3 is 5.32 Å². The number of hydrogen-bond donors (Lipinski definition) is 2. The Kier molecular flexibility index (Phi) is 5.54. The van der Waals surface area contributed by atoms with Crippen LogP contribution in [0.4, 0.5) is 5.69 Å². The van der Waals surface area contributed by atoms with Crippen molar-refractivity contribution in [2.24, 2.45) is 0 Å². The fourth-order valence-electron chi connectivity index (χ4n) is 2.11. The molecule has 0 heterocycles. The van der Waals surface area contributed by atoms with Crippen molar-refractivity contribution in [3.8, 4) is 0 Å². The molecule has 5 nitrogen and oxygen atoms in total. The van der Waals surface area contributed by atoms with Crippen LogP contribution in [0.3, 0.4) is 0 Å². The molecule has 0 aliphatic heterocycles. The van der Waals surface area contributed by atoms with Crippen molar-refractivity contribution in [3.05, 3.63) is 65.2 Å². The molecule has 2 N–H and O–H groups in total. The first-order chi connectivity index (χ1) is 11.3. The van der Waals surface area contributed by atoms with Gasteiger partial charge in [-0.3, -0.25) is 4.79 Å². The van der Waals surface area contributed by atoms with Gasteiger partial charge in [0.25, 0.3) is 0 Å². The maximum absolute atomic E-state index is 12.0. The van der Waals surface area contributed by atoms with Crippen molar-refractivity contribution in [1.29, 1.82) is 0 Å². The van der Waals surface area contributed by atoms with Gasteiger partial charge in [0, 0.05) is 11.8 Å². The van der Waals surface area contributed by atoms with Crippen LogP contribution in [0, 0.1) is 13.8 Å². The summed E-state index contributed by atoms with van der Waals surface area (Å²) in [4.78, 5) is 12.2. The van der Waals surface area contributed by atoms with Crippen LogP contribution in [-0.2, 0) is 14.8 Å². The monoisotopic (exact) mass is 344 g/mol. The van der Waals surface area contributed by atoms with E-state index in [1.54, 1.807) is 18.2 Å². The summed E-state index contributed by atoms with van der Waals surface area (Å²) in [5.74, 6) is -0.240. The third-order valence-electron chi connectivity index (χ3n) is 3.75. The SMILES string of the molecule is CNS(=O)(=O)c1ccc(/C=C/C(=O)Nc2cccc(C)c2C)cc1. The predicted octanol–water partition coefficient (Wildman–Crippen LogP) is 2.86. The highest BCUT2D eigenvalue weighted by atomic mass is 32.2. The van der Waals surface area contributed by atoms with Gasteiger partial charge in [-0.15, -0.1) is 0 Å². The Morgan fingerprint density at radius 1 is 1.04 bits per heavy atom. The Balaban J connectivity index is 2.08. The Bertz CT molecular complexity index is 870. The second-order valence-corrected chi connectivity index (χ2v) is 7.23. The summed E-state index contributed by atoms with van der Waals surface area (Å²) in [5, 5.41) is 2.83. The fourth-order valence-corrected chi connectivity index (χ4v) is 2.84. The van der Waals surface area contributed by atoms with Crippen LogP contribution in [-0.4, -0.2) is 21.4 Å². The standard InChI is InChI=1S/C18H20N2O3S/c1-13-5-4-6-17(14(13)2)20-18(21)12-9-15-7-10-16(11-8-15)24(22,23)19-3/h4-12,19H,1-3H3,(H,20,21)/b12-9+. The fraction of sp³-hybridized carbons (Fsp3) is 0.167. The number of rotatable bonds is 5. The van der Waals surface area contributed by atoms with E-state index in [0.717, 1.165) is 22.4 Å². The maximum atomic E-state index is 12.0. The highest BCUT2D eigenvalue weighted by molar-refractivity contribution is 7.89. The van der Waals surface area contributed by atoms with Crippen molar-refractivity contribution in [3.63, 3.8) is 0 Å². The molecule has 0 spiro atoms. The minimum Gasteiger partial charge on any atom is -0.322 e. The van der Waals surface area contributed by atoms with Crippen LogP contribution in [0.2, 0.25) is 0 Å². The molecule has 0 aliphatic rings. The van der Waals surface area contributed by atoms with E-state index in [4.69, 9.17) is 0 Å². The molecule has 0 atom stereocenters. The largest absolute Gasteiger partial charge is 0.322 e. The lowest BCUT2D eigenvalue weighted by molar-refractivity contribution is -0.111. The van der Waals surface area contributed by atoms with Gasteiger partial charge in [-0.25, -0.2) is 13.1 Å². The Hall–Kier alpha value is -2.44. The van der Waals surface area contributed by atoms with Crippen molar-refractivity contribution >= 4 is 27.7 Å². The third-order valence-corrected chi connectivity index (χ3v) is 5.18. The second-order valence-electron chi connectivity index (χ2n) is 5.35. The molecule has 0 saturated heterocycles. The molecule has 0 aromatic heterocycles. The van der Waals surface area contributed by atoms with Crippen LogP contribution in [0.25, 0.3) is 6.08 Å². The average Bonchev–Trinajstić information content (AvgIpc) is 2.57. The van der Waals surface area contributed by atoms with Crippen LogP contribution < -0.4 is 10.0 Å². The maximum Gasteiger partial charge on any atom is 0.248 e. The quantitative estimate of drug-likeness (QED) is 0.819. The molecule has 2 aromatic rings. The lowest BCUT2D eigenvalue weighted by atomic mass is 10.1. The van der Waals surface area contributed by atoms with E-state index >= 15 is 0 Å². The van der Waals surface area contributed by atoms with E-state index < -0.39 is 10.0 Å². The van der Waals surface area contributed by atoms with Crippen molar-refractivity contribution in [2.45, 2.75) is 18.7 Å². The highest BCUT2D eigenvalue weighted by Gasteiger charge is 2.09. The molecule has 0 fully saturated rings. The van der Waals surface area contributed by atoms with E-state index in [1.807, 2.05) is 32.0 Å². The first kappa shape index (κ1) is 17.9.